The number of anilines is 1. The van der Waals surface area contributed by atoms with Crippen LogP contribution in [-0.2, 0) is 4.74 Å². The van der Waals surface area contributed by atoms with Gasteiger partial charge in [-0.25, -0.2) is 4.79 Å². The van der Waals surface area contributed by atoms with Gasteiger partial charge in [0.15, 0.2) is 5.69 Å². The van der Waals surface area contributed by atoms with Crippen molar-refractivity contribution in [3.05, 3.63) is 43.2 Å². The summed E-state index contributed by atoms with van der Waals surface area (Å²) in [6.07, 6.45) is 1.44. The van der Waals surface area contributed by atoms with E-state index in [0.29, 0.717) is 19.3 Å². The van der Waals surface area contributed by atoms with Crippen LogP contribution in [-0.4, -0.2) is 17.6 Å². The molecule has 0 atom stereocenters. The first-order valence-electron chi connectivity index (χ1n) is 5.54. The van der Waals surface area contributed by atoms with E-state index in [1.807, 2.05) is 28.7 Å². The van der Waals surface area contributed by atoms with Crippen molar-refractivity contribution in [2.45, 2.75) is 0 Å². The third-order valence-electron chi connectivity index (χ3n) is 2.77. The molecule has 5 nitrogen and oxygen atoms in total. The third kappa shape index (κ3) is 2.81. The number of hydrogen-bond donors (Lipinski definition) is 1. The number of nitrogens with zero attached hydrogens (tertiary/aromatic N) is 2. The summed E-state index contributed by atoms with van der Waals surface area (Å²) in [5, 5.41) is 9.89. The predicted molar refractivity (Wildman–Crippen MR) is 89.0 cm³/mol. The zero-order valence-corrected chi connectivity index (χ0v) is 14.3. The average Bonchev–Trinajstić information content (AvgIpc) is 2.73. The molecule has 108 valence electrons. The highest BCUT2D eigenvalue weighted by Gasteiger charge is 2.24. The van der Waals surface area contributed by atoms with Crippen LogP contribution < -0.4 is 5.73 Å². The van der Waals surface area contributed by atoms with Crippen molar-refractivity contribution in [2.75, 3.05) is 12.8 Å². The van der Waals surface area contributed by atoms with Crippen LogP contribution in [0, 0.1) is 14.9 Å². The molecular weight excluding hydrogens is 428 g/mol. The Balaban J connectivity index is 2.82. The van der Waals surface area contributed by atoms with Gasteiger partial charge in [0.2, 0.25) is 0 Å². The van der Waals surface area contributed by atoms with Crippen LogP contribution >= 0.6 is 45.8 Å². The van der Waals surface area contributed by atoms with Gasteiger partial charge in [-0.15, -0.1) is 0 Å². The van der Waals surface area contributed by atoms with Crippen LogP contribution in [0.15, 0.2) is 18.3 Å². The summed E-state index contributed by atoms with van der Waals surface area (Å²) in [6, 6.07) is 5.16. The first kappa shape index (κ1) is 15.9. The fraction of sp³-hybridized carbons (Fsp3) is 0.0769. The zero-order chi connectivity index (χ0) is 15.7. The minimum absolute atomic E-state index is 0.0474. The summed E-state index contributed by atoms with van der Waals surface area (Å²) in [7, 11) is 1.24. The molecule has 0 radical (unpaired) electrons. The van der Waals surface area contributed by atoms with E-state index < -0.39 is 5.97 Å². The summed E-state index contributed by atoms with van der Waals surface area (Å²) < 4.78 is 6.87. The van der Waals surface area contributed by atoms with E-state index in [0.717, 1.165) is 0 Å². The Labute approximate surface area is 144 Å². The highest BCUT2D eigenvalue weighted by Crippen LogP contribution is 2.33. The predicted octanol–water partition coefficient (Wildman–Crippen LogP) is 3.63. The van der Waals surface area contributed by atoms with Gasteiger partial charge in [-0.05, 0) is 34.7 Å². The molecule has 1 heterocycles. The van der Waals surface area contributed by atoms with Gasteiger partial charge < -0.3 is 15.0 Å². The molecule has 0 fully saturated rings. The molecule has 0 unspecified atom stereocenters. The van der Waals surface area contributed by atoms with Crippen molar-refractivity contribution in [1.82, 2.24) is 4.57 Å². The molecule has 2 N–H and O–H groups in total. The van der Waals surface area contributed by atoms with Crippen molar-refractivity contribution >= 4 is 57.4 Å². The number of rotatable bonds is 2. The SMILES string of the molecule is COC(=O)c1c(N)c(C#N)cn1-c1c(Cl)cc(Cl)cc1I. The molecule has 0 bridgehead atoms. The Morgan fingerprint density at radius 3 is 2.67 bits per heavy atom. The molecule has 0 amide bonds. The number of carbonyl (C=O) groups is 1. The summed E-state index contributed by atoms with van der Waals surface area (Å²) in [5.41, 5.74) is 6.62. The molecule has 0 spiro atoms. The smallest absolute Gasteiger partial charge is 0.357 e. The second kappa shape index (κ2) is 6.13. The Kier molecular flexibility index (Phi) is 4.66. The molecule has 8 heteroatoms. The molecule has 0 aliphatic rings. The topological polar surface area (TPSA) is 81.0 Å². The molecule has 0 saturated heterocycles. The van der Waals surface area contributed by atoms with E-state index in [-0.39, 0.29) is 16.9 Å². The lowest BCUT2D eigenvalue weighted by molar-refractivity contribution is 0.0593. The number of aromatic nitrogens is 1. The quantitative estimate of drug-likeness (QED) is 0.576. The largest absolute Gasteiger partial charge is 0.464 e. The lowest BCUT2D eigenvalue weighted by atomic mass is 10.2. The molecule has 2 rings (SSSR count). The van der Waals surface area contributed by atoms with E-state index in [4.69, 9.17) is 38.9 Å². The fourth-order valence-corrected chi connectivity index (χ4v) is 3.67. The summed E-state index contributed by atoms with van der Waals surface area (Å²) in [4.78, 5) is 11.9. The second-order valence-electron chi connectivity index (χ2n) is 4.00. The molecule has 0 aliphatic heterocycles. The van der Waals surface area contributed by atoms with Crippen LogP contribution in [0.2, 0.25) is 10.0 Å². The zero-order valence-electron chi connectivity index (χ0n) is 10.7. The van der Waals surface area contributed by atoms with Crippen molar-refractivity contribution in [2.24, 2.45) is 0 Å². The number of esters is 1. The van der Waals surface area contributed by atoms with Crippen LogP contribution in [0.4, 0.5) is 5.69 Å². The van der Waals surface area contributed by atoms with Crippen LogP contribution in [0.25, 0.3) is 5.69 Å². The third-order valence-corrected chi connectivity index (χ3v) is 4.09. The van der Waals surface area contributed by atoms with E-state index in [2.05, 4.69) is 0 Å². The lowest BCUT2D eigenvalue weighted by Crippen LogP contribution is -2.12. The van der Waals surface area contributed by atoms with Crippen LogP contribution in [0.3, 0.4) is 0 Å². The van der Waals surface area contributed by atoms with Gasteiger partial charge in [0.05, 0.1) is 29.1 Å². The standard InChI is InChI=1S/C13H8Cl2IN3O2/c1-21-13(20)12-10(18)6(4-17)5-19(12)11-8(15)2-7(14)3-9(11)16/h2-3,5H,18H2,1H3. The summed E-state index contributed by atoms with van der Waals surface area (Å²) in [6.45, 7) is 0. The molecule has 2 aromatic rings. The van der Waals surface area contributed by atoms with Gasteiger partial charge in [0.1, 0.15) is 6.07 Å². The van der Waals surface area contributed by atoms with Gasteiger partial charge in [-0.3, -0.25) is 0 Å². The first-order chi connectivity index (χ1) is 9.90. The number of carbonyl (C=O) groups excluding carboxylic acids is 1. The molecule has 0 aliphatic carbocycles. The maximum Gasteiger partial charge on any atom is 0.357 e. The highest BCUT2D eigenvalue weighted by molar-refractivity contribution is 14.1. The van der Waals surface area contributed by atoms with Gasteiger partial charge in [-0.2, -0.15) is 5.26 Å². The van der Waals surface area contributed by atoms with E-state index in [1.165, 1.54) is 17.9 Å². The first-order valence-corrected chi connectivity index (χ1v) is 7.38. The Bertz CT molecular complexity index is 757. The number of hydrogen-bond acceptors (Lipinski definition) is 4. The van der Waals surface area contributed by atoms with Crippen LogP contribution in [0.1, 0.15) is 16.1 Å². The summed E-state index contributed by atoms with van der Waals surface area (Å²) >= 11 is 14.2. The number of nitriles is 1. The number of nitrogens with two attached hydrogens (primary N) is 1. The van der Waals surface area contributed by atoms with Gasteiger partial charge in [0, 0.05) is 14.8 Å². The minimum atomic E-state index is -0.657. The number of benzene rings is 1. The second-order valence-corrected chi connectivity index (χ2v) is 6.00. The fourth-order valence-electron chi connectivity index (χ4n) is 1.86. The van der Waals surface area contributed by atoms with Crippen LogP contribution in [0.5, 0.6) is 0 Å². The van der Waals surface area contributed by atoms with Crippen molar-refractivity contribution in [3.8, 4) is 11.8 Å². The van der Waals surface area contributed by atoms with E-state index in [1.54, 1.807) is 12.1 Å². The van der Waals surface area contributed by atoms with Gasteiger partial charge in [-0.1, -0.05) is 23.2 Å². The van der Waals surface area contributed by atoms with Crippen molar-refractivity contribution in [3.63, 3.8) is 0 Å². The average molecular weight is 436 g/mol. The van der Waals surface area contributed by atoms with Gasteiger partial charge in [0.25, 0.3) is 0 Å². The summed E-state index contributed by atoms with van der Waals surface area (Å²) in [5.74, 6) is -0.657. The number of methoxy groups -OCH3 is 1. The monoisotopic (exact) mass is 435 g/mol. The maximum absolute atomic E-state index is 11.9. The Morgan fingerprint density at radius 1 is 1.48 bits per heavy atom. The molecule has 0 saturated carbocycles. The Morgan fingerprint density at radius 2 is 2.14 bits per heavy atom. The molecule has 1 aromatic heterocycles. The Hall–Kier alpha value is -1.43. The number of halogens is 3. The molecular formula is C13H8Cl2IN3O2. The number of ether oxygens (including phenoxy) is 1. The molecule has 1 aromatic carbocycles. The van der Waals surface area contributed by atoms with Gasteiger partial charge >= 0.3 is 5.97 Å². The van der Waals surface area contributed by atoms with E-state index >= 15 is 0 Å². The molecule has 21 heavy (non-hydrogen) atoms. The van der Waals surface area contributed by atoms with Crippen molar-refractivity contribution < 1.29 is 9.53 Å². The normalized spacial score (nSPS) is 10.2. The van der Waals surface area contributed by atoms with E-state index in [9.17, 15) is 4.79 Å². The lowest BCUT2D eigenvalue weighted by Gasteiger charge is -2.12. The van der Waals surface area contributed by atoms with Crippen molar-refractivity contribution in [1.29, 1.82) is 5.26 Å². The number of nitrogen functional groups attached to an aromatic ring is 1. The minimum Gasteiger partial charge on any atom is -0.464 e. The highest BCUT2D eigenvalue weighted by atomic mass is 127. The maximum atomic E-state index is 11.9.